The van der Waals surface area contributed by atoms with Crippen molar-refractivity contribution in [1.82, 2.24) is 10.2 Å². The summed E-state index contributed by atoms with van der Waals surface area (Å²) in [5.41, 5.74) is 10.1. The molecule has 0 aliphatic heterocycles. The minimum atomic E-state index is 0.134. The van der Waals surface area contributed by atoms with Gasteiger partial charge < -0.3 is 10.5 Å². The van der Waals surface area contributed by atoms with Crippen LogP contribution in [0, 0.1) is 18.3 Å². The number of hydrogen-bond acceptors (Lipinski definition) is 5. The van der Waals surface area contributed by atoms with Crippen LogP contribution in [0.15, 0.2) is 36.4 Å². The van der Waals surface area contributed by atoms with Crippen molar-refractivity contribution >= 4 is 16.6 Å². The first kappa shape index (κ1) is 13.8. The van der Waals surface area contributed by atoms with E-state index in [4.69, 9.17) is 15.7 Å². The van der Waals surface area contributed by atoms with Crippen LogP contribution in [0.5, 0.6) is 5.75 Å². The Morgan fingerprint density at radius 2 is 1.91 bits per heavy atom. The van der Waals surface area contributed by atoms with E-state index in [2.05, 4.69) is 10.2 Å². The number of nitrogen functional groups attached to an aromatic ring is 1. The van der Waals surface area contributed by atoms with Gasteiger partial charge in [0.05, 0.1) is 18.3 Å². The Morgan fingerprint density at radius 3 is 2.55 bits per heavy atom. The van der Waals surface area contributed by atoms with Crippen LogP contribution in [0.4, 0.5) is 5.69 Å². The zero-order valence-electron chi connectivity index (χ0n) is 12.3. The molecule has 22 heavy (non-hydrogen) atoms. The molecule has 3 aromatic rings. The van der Waals surface area contributed by atoms with Gasteiger partial charge >= 0.3 is 0 Å². The fraction of sp³-hybridized carbons (Fsp3) is 0.118. The number of hydrogen-bond donors (Lipinski definition) is 1. The van der Waals surface area contributed by atoms with Gasteiger partial charge in [-0.25, -0.2) is 0 Å². The second-order valence-corrected chi connectivity index (χ2v) is 4.91. The van der Waals surface area contributed by atoms with Crippen molar-refractivity contribution in [2.45, 2.75) is 6.92 Å². The van der Waals surface area contributed by atoms with E-state index in [9.17, 15) is 0 Å². The number of rotatable bonds is 2. The van der Waals surface area contributed by atoms with Crippen molar-refractivity contribution in [1.29, 1.82) is 5.26 Å². The van der Waals surface area contributed by atoms with Gasteiger partial charge in [-0.3, -0.25) is 0 Å². The first-order valence-corrected chi connectivity index (χ1v) is 6.76. The van der Waals surface area contributed by atoms with Crippen molar-refractivity contribution in [2.24, 2.45) is 0 Å². The molecule has 108 valence electrons. The van der Waals surface area contributed by atoms with Gasteiger partial charge in [0.2, 0.25) is 0 Å². The lowest BCUT2D eigenvalue weighted by Gasteiger charge is -2.15. The molecule has 2 N–H and O–H groups in total. The molecule has 0 unspecified atom stereocenters. The number of nitriles is 1. The highest BCUT2D eigenvalue weighted by atomic mass is 16.5. The lowest BCUT2D eigenvalue weighted by Crippen LogP contribution is -2.02. The maximum absolute atomic E-state index is 9.15. The Bertz CT molecular complexity index is 898. The van der Waals surface area contributed by atoms with Gasteiger partial charge in [0.1, 0.15) is 11.8 Å². The second-order valence-electron chi connectivity index (χ2n) is 4.91. The summed E-state index contributed by atoms with van der Waals surface area (Å²) in [6, 6.07) is 13.6. The van der Waals surface area contributed by atoms with Gasteiger partial charge in [-0.15, -0.1) is 10.2 Å². The highest BCUT2D eigenvalue weighted by molar-refractivity contribution is 6.05. The quantitative estimate of drug-likeness (QED) is 0.784. The molecule has 2 aromatic carbocycles. The SMILES string of the molecule is COc1cc2nnc(C#N)c(N)c2c(-c2ccccc2)c1C. The van der Waals surface area contributed by atoms with E-state index in [1.807, 2.05) is 43.3 Å². The van der Waals surface area contributed by atoms with Gasteiger partial charge in [-0.1, -0.05) is 30.3 Å². The van der Waals surface area contributed by atoms with E-state index in [1.54, 1.807) is 13.2 Å². The molecular weight excluding hydrogens is 276 g/mol. The van der Waals surface area contributed by atoms with Crippen LogP contribution >= 0.6 is 0 Å². The maximum atomic E-state index is 9.15. The number of nitrogens with two attached hydrogens (primary N) is 1. The molecule has 3 rings (SSSR count). The number of ether oxygens (including phenoxy) is 1. The number of anilines is 1. The minimum absolute atomic E-state index is 0.134. The topological polar surface area (TPSA) is 84.8 Å². The third-order valence-electron chi connectivity index (χ3n) is 3.69. The van der Waals surface area contributed by atoms with E-state index in [0.717, 1.165) is 22.1 Å². The summed E-state index contributed by atoms with van der Waals surface area (Å²) in [7, 11) is 1.61. The van der Waals surface area contributed by atoms with Crippen molar-refractivity contribution in [2.75, 3.05) is 12.8 Å². The molecule has 0 aliphatic rings. The average Bonchev–Trinajstić information content (AvgIpc) is 2.56. The summed E-state index contributed by atoms with van der Waals surface area (Å²) in [4.78, 5) is 0. The third-order valence-corrected chi connectivity index (χ3v) is 3.69. The average molecular weight is 290 g/mol. The van der Waals surface area contributed by atoms with E-state index in [0.29, 0.717) is 17.0 Å². The van der Waals surface area contributed by atoms with E-state index in [1.165, 1.54) is 0 Å². The lowest BCUT2D eigenvalue weighted by atomic mass is 9.94. The fourth-order valence-electron chi connectivity index (χ4n) is 2.63. The number of benzene rings is 2. The summed E-state index contributed by atoms with van der Waals surface area (Å²) < 4.78 is 5.44. The number of fused-ring (bicyclic) bond motifs is 1. The van der Waals surface area contributed by atoms with Gasteiger partial charge in [0.15, 0.2) is 5.69 Å². The summed E-state index contributed by atoms with van der Waals surface area (Å²) >= 11 is 0. The Morgan fingerprint density at radius 1 is 1.18 bits per heavy atom. The molecule has 0 fully saturated rings. The smallest absolute Gasteiger partial charge is 0.186 e. The van der Waals surface area contributed by atoms with E-state index < -0.39 is 0 Å². The number of aromatic nitrogens is 2. The van der Waals surface area contributed by atoms with Crippen LogP contribution in [0.3, 0.4) is 0 Å². The molecule has 0 saturated heterocycles. The van der Waals surface area contributed by atoms with E-state index >= 15 is 0 Å². The van der Waals surface area contributed by atoms with Crippen LogP contribution in [-0.2, 0) is 0 Å². The molecule has 0 atom stereocenters. The molecule has 0 radical (unpaired) electrons. The van der Waals surface area contributed by atoms with Gasteiger partial charge in [0.25, 0.3) is 0 Å². The minimum Gasteiger partial charge on any atom is -0.496 e. The van der Waals surface area contributed by atoms with Gasteiger partial charge in [0, 0.05) is 11.5 Å². The first-order valence-electron chi connectivity index (χ1n) is 6.76. The summed E-state index contributed by atoms with van der Waals surface area (Å²) in [6.45, 7) is 1.96. The number of methoxy groups -OCH3 is 1. The highest BCUT2D eigenvalue weighted by Gasteiger charge is 2.18. The second kappa shape index (κ2) is 5.34. The molecule has 0 bridgehead atoms. The van der Waals surface area contributed by atoms with Crippen LogP contribution in [0.25, 0.3) is 22.0 Å². The highest BCUT2D eigenvalue weighted by Crippen LogP contribution is 2.39. The molecule has 0 amide bonds. The van der Waals surface area contributed by atoms with Crippen LogP contribution < -0.4 is 10.5 Å². The Kier molecular flexibility index (Phi) is 3.36. The van der Waals surface area contributed by atoms with Crippen LogP contribution in [0.1, 0.15) is 11.3 Å². The van der Waals surface area contributed by atoms with Crippen molar-refractivity contribution in [3.63, 3.8) is 0 Å². The monoisotopic (exact) mass is 290 g/mol. The zero-order chi connectivity index (χ0) is 15.7. The molecule has 0 saturated carbocycles. The van der Waals surface area contributed by atoms with Gasteiger partial charge in [-0.05, 0) is 23.6 Å². The third kappa shape index (κ3) is 2.02. The molecule has 1 aromatic heterocycles. The molecule has 0 aliphatic carbocycles. The summed E-state index contributed by atoms with van der Waals surface area (Å²) in [5.74, 6) is 0.713. The molecule has 0 spiro atoms. The molecular formula is C17H14N4O. The number of nitrogens with zero attached hydrogens (tertiary/aromatic N) is 3. The van der Waals surface area contributed by atoms with Crippen LogP contribution in [0.2, 0.25) is 0 Å². The summed E-state index contributed by atoms with van der Waals surface area (Å²) in [6.07, 6.45) is 0. The van der Waals surface area contributed by atoms with Crippen molar-refractivity contribution in [3.8, 4) is 22.9 Å². The lowest BCUT2D eigenvalue weighted by molar-refractivity contribution is 0.412. The largest absolute Gasteiger partial charge is 0.496 e. The maximum Gasteiger partial charge on any atom is 0.186 e. The fourth-order valence-corrected chi connectivity index (χ4v) is 2.63. The predicted octanol–water partition coefficient (Wildman–Crippen LogP) is 3.07. The summed E-state index contributed by atoms with van der Waals surface area (Å²) in [5, 5.41) is 17.9. The normalized spacial score (nSPS) is 10.4. The Balaban J connectivity index is 2.51. The first-order chi connectivity index (χ1) is 10.7. The molecule has 1 heterocycles. The van der Waals surface area contributed by atoms with E-state index in [-0.39, 0.29) is 5.69 Å². The molecule has 5 nitrogen and oxygen atoms in total. The predicted molar refractivity (Wildman–Crippen MR) is 85.4 cm³/mol. The van der Waals surface area contributed by atoms with Crippen molar-refractivity contribution in [3.05, 3.63) is 47.7 Å². The molecule has 5 heteroatoms. The van der Waals surface area contributed by atoms with Crippen molar-refractivity contribution < 1.29 is 4.74 Å². The van der Waals surface area contributed by atoms with Gasteiger partial charge in [-0.2, -0.15) is 5.26 Å². The zero-order valence-corrected chi connectivity index (χ0v) is 12.3. The van der Waals surface area contributed by atoms with Crippen LogP contribution in [-0.4, -0.2) is 17.3 Å². The Hall–Kier alpha value is -3.13. The Labute approximate surface area is 128 Å². The standard InChI is InChI=1S/C17H14N4O/c1-10-14(22-2)8-12-16(17(19)13(9-18)21-20-12)15(10)11-6-4-3-5-7-11/h3-8H,1-2H3,(H2,19,20).